The molecule has 1 N–H and O–H groups in total. The first-order chi connectivity index (χ1) is 7.79. The fourth-order valence-corrected chi connectivity index (χ4v) is 2.81. The molecule has 0 aromatic heterocycles. The monoisotopic (exact) mass is 221 g/mol. The van der Waals surface area contributed by atoms with E-state index in [2.05, 4.69) is 5.32 Å². The summed E-state index contributed by atoms with van der Waals surface area (Å²) < 4.78 is 18.6. The quantitative estimate of drug-likeness (QED) is 0.828. The van der Waals surface area contributed by atoms with Crippen LogP contribution in [0.4, 0.5) is 4.39 Å². The van der Waals surface area contributed by atoms with Crippen LogP contribution in [-0.2, 0) is 0 Å². The largest absolute Gasteiger partial charge is 0.490 e. The summed E-state index contributed by atoms with van der Waals surface area (Å²) in [7, 11) is 0. The first-order valence-electron chi connectivity index (χ1n) is 5.98. The third-order valence-corrected chi connectivity index (χ3v) is 3.55. The van der Waals surface area contributed by atoms with E-state index in [9.17, 15) is 4.39 Å². The second-order valence-corrected chi connectivity index (χ2v) is 4.80. The highest BCUT2D eigenvalue weighted by molar-refractivity contribution is 5.22. The van der Waals surface area contributed by atoms with Gasteiger partial charge >= 0.3 is 0 Å². The molecular formula is C13H16FNO. The van der Waals surface area contributed by atoms with Gasteiger partial charge < -0.3 is 10.1 Å². The van der Waals surface area contributed by atoms with Gasteiger partial charge in [-0.15, -0.1) is 0 Å². The van der Waals surface area contributed by atoms with Gasteiger partial charge in [0, 0.05) is 12.1 Å². The fourth-order valence-electron chi connectivity index (χ4n) is 2.81. The molecule has 0 amide bonds. The number of rotatable bonds is 2. The number of fused-ring (bicyclic) bond motifs is 2. The molecule has 1 aromatic carbocycles. The van der Waals surface area contributed by atoms with Crippen LogP contribution < -0.4 is 10.1 Å². The molecule has 2 fully saturated rings. The highest BCUT2D eigenvalue weighted by Crippen LogP contribution is 2.29. The summed E-state index contributed by atoms with van der Waals surface area (Å²) in [6, 6.07) is 7.57. The molecule has 86 valence electrons. The predicted molar refractivity (Wildman–Crippen MR) is 60.0 cm³/mol. The van der Waals surface area contributed by atoms with Gasteiger partial charge in [-0.05, 0) is 49.9 Å². The van der Waals surface area contributed by atoms with E-state index in [1.165, 1.54) is 25.0 Å². The summed E-state index contributed by atoms with van der Waals surface area (Å²) >= 11 is 0. The average Bonchev–Trinajstić information content (AvgIpc) is 2.62. The van der Waals surface area contributed by atoms with Gasteiger partial charge in [-0.3, -0.25) is 0 Å². The molecule has 2 aliphatic heterocycles. The number of ether oxygens (including phenoxy) is 1. The number of benzene rings is 1. The topological polar surface area (TPSA) is 21.3 Å². The Balaban J connectivity index is 1.64. The Labute approximate surface area is 94.8 Å². The van der Waals surface area contributed by atoms with Crippen LogP contribution in [0.2, 0.25) is 0 Å². The SMILES string of the molecule is Fc1ccc(OC2C[C@H]3CC[C@@H](C2)N3)cc1. The van der Waals surface area contributed by atoms with Crippen LogP contribution in [0.5, 0.6) is 5.75 Å². The molecule has 3 atom stereocenters. The van der Waals surface area contributed by atoms with Crippen LogP contribution in [0.1, 0.15) is 25.7 Å². The van der Waals surface area contributed by atoms with E-state index in [0.29, 0.717) is 18.2 Å². The maximum Gasteiger partial charge on any atom is 0.123 e. The van der Waals surface area contributed by atoms with E-state index in [-0.39, 0.29) is 5.82 Å². The van der Waals surface area contributed by atoms with E-state index in [4.69, 9.17) is 4.74 Å². The molecule has 2 saturated heterocycles. The van der Waals surface area contributed by atoms with Crippen molar-refractivity contribution in [1.29, 1.82) is 0 Å². The molecule has 1 aromatic rings. The first kappa shape index (κ1) is 10.1. The molecule has 2 heterocycles. The summed E-state index contributed by atoms with van der Waals surface area (Å²) in [5.74, 6) is 0.574. The van der Waals surface area contributed by atoms with Gasteiger partial charge in [-0.2, -0.15) is 0 Å². The maximum absolute atomic E-state index is 12.7. The Bertz CT molecular complexity index is 353. The Morgan fingerprint density at radius 2 is 1.69 bits per heavy atom. The molecule has 2 aliphatic rings. The maximum atomic E-state index is 12.7. The van der Waals surface area contributed by atoms with Crippen LogP contribution in [-0.4, -0.2) is 18.2 Å². The van der Waals surface area contributed by atoms with E-state index < -0.39 is 0 Å². The molecule has 1 unspecified atom stereocenters. The lowest BCUT2D eigenvalue weighted by molar-refractivity contribution is 0.137. The van der Waals surface area contributed by atoms with Crippen molar-refractivity contribution in [1.82, 2.24) is 5.32 Å². The predicted octanol–water partition coefficient (Wildman–Crippen LogP) is 2.49. The van der Waals surface area contributed by atoms with Crippen LogP contribution >= 0.6 is 0 Å². The van der Waals surface area contributed by atoms with Crippen molar-refractivity contribution in [2.75, 3.05) is 0 Å². The van der Waals surface area contributed by atoms with Crippen molar-refractivity contribution in [3.63, 3.8) is 0 Å². The van der Waals surface area contributed by atoms with Gasteiger partial charge in [-0.25, -0.2) is 4.39 Å². The number of piperidine rings is 1. The Hall–Kier alpha value is -1.09. The molecular weight excluding hydrogens is 205 g/mol. The van der Waals surface area contributed by atoms with Gasteiger partial charge in [-0.1, -0.05) is 0 Å². The number of halogens is 1. The summed E-state index contributed by atoms with van der Waals surface area (Å²) in [5.41, 5.74) is 0. The summed E-state index contributed by atoms with van der Waals surface area (Å²) in [4.78, 5) is 0. The van der Waals surface area contributed by atoms with E-state index >= 15 is 0 Å². The molecule has 0 spiro atoms. The lowest BCUT2D eigenvalue weighted by Gasteiger charge is -2.29. The zero-order chi connectivity index (χ0) is 11.0. The minimum absolute atomic E-state index is 0.210. The van der Waals surface area contributed by atoms with Gasteiger partial charge in [0.1, 0.15) is 17.7 Å². The number of hydrogen-bond donors (Lipinski definition) is 1. The molecule has 0 radical (unpaired) electrons. The Kier molecular flexibility index (Phi) is 2.56. The van der Waals surface area contributed by atoms with Crippen molar-refractivity contribution < 1.29 is 9.13 Å². The second-order valence-electron chi connectivity index (χ2n) is 4.80. The van der Waals surface area contributed by atoms with E-state index in [0.717, 1.165) is 18.6 Å². The van der Waals surface area contributed by atoms with Gasteiger partial charge in [0.05, 0.1) is 0 Å². The van der Waals surface area contributed by atoms with E-state index in [1.807, 2.05) is 0 Å². The van der Waals surface area contributed by atoms with E-state index in [1.54, 1.807) is 12.1 Å². The Morgan fingerprint density at radius 3 is 2.31 bits per heavy atom. The standard InChI is InChI=1S/C13H16FNO/c14-9-1-5-12(6-2-9)16-13-7-10-3-4-11(8-13)15-10/h1-2,5-6,10-11,13,15H,3-4,7-8H2/t10-,11+,13?. The molecule has 2 bridgehead atoms. The summed E-state index contributed by atoms with van der Waals surface area (Å²) in [6.45, 7) is 0. The van der Waals surface area contributed by atoms with Crippen molar-refractivity contribution in [2.45, 2.75) is 43.9 Å². The lowest BCUT2D eigenvalue weighted by Crippen LogP contribution is -2.42. The third kappa shape index (κ3) is 2.05. The number of nitrogens with one attached hydrogen (secondary N) is 1. The van der Waals surface area contributed by atoms with Gasteiger partial charge in [0.2, 0.25) is 0 Å². The smallest absolute Gasteiger partial charge is 0.123 e. The van der Waals surface area contributed by atoms with Gasteiger partial charge in [0.15, 0.2) is 0 Å². The molecule has 3 heteroatoms. The van der Waals surface area contributed by atoms with Crippen LogP contribution in [0.15, 0.2) is 24.3 Å². The van der Waals surface area contributed by atoms with Crippen LogP contribution in [0, 0.1) is 5.82 Å². The molecule has 0 aliphatic carbocycles. The minimum atomic E-state index is -0.210. The molecule has 16 heavy (non-hydrogen) atoms. The van der Waals surface area contributed by atoms with Crippen LogP contribution in [0.3, 0.4) is 0 Å². The Morgan fingerprint density at radius 1 is 1.06 bits per heavy atom. The van der Waals surface area contributed by atoms with Crippen molar-refractivity contribution >= 4 is 0 Å². The molecule has 3 rings (SSSR count). The lowest BCUT2D eigenvalue weighted by atomic mass is 10.0. The zero-order valence-electron chi connectivity index (χ0n) is 9.16. The summed E-state index contributed by atoms with van der Waals surface area (Å²) in [6.07, 6.45) is 4.99. The fraction of sp³-hybridized carbons (Fsp3) is 0.538. The van der Waals surface area contributed by atoms with Crippen molar-refractivity contribution in [3.05, 3.63) is 30.1 Å². The van der Waals surface area contributed by atoms with Gasteiger partial charge in [0.25, 0.3) is 0 Å². The van der Waals surface area contributed by atoms with Crippen LogP contribution in [0.25, 0.3) is 0 Å². The normalized spacial score (nSPS) is 32.7. The number of hydrogen-bond acceptors (Lipinski definition) is 2. The third-order valence-electron chi connectivity index (χ3n) is 3.55. The van der Waals surface area contributed by atoms with Crippen molar-refractivity contribution in [2.24, 2.45) is 0 Å². The minimum Gasteiger partial charge on any atom is -0.490 e. The first-order valence-corrected chi connectivity index (χ1v) is 5.98. The average molecular weight is 221 g/mol. The zero-order valence-corrected chi connectivity index (χ0v) is 9.16. The highest BCUT2D eigenvalue weighted by atomic mass is 19.1. The van der Waals surface area contributed by atoms with Crippen molar-refractivity contribution in [3.8, 4) is 5.75 Å². The highest BCUT2D eigenvalue weighted by Gasteiger charge is 2.34. The second kappa shape index (κ2) is 4.06. The molecule has 0 saturated carbocycles. The molecule has 2 nitrogen and oxygen atoms in total. The summed E-state index contributed by atoms with van der Waals surface area (Å²) in [5, 5.41) is 3.58.